The van der Waals surface area contributed by atoms with Gasteiger partial charge in [-0.25, -0.2) is 4.98 Å². The summed E-state index contributed by atoms with van der Waals surface area (Å²) in [5.41, 5.74) is 1.33. The first-order chi connectivity index (χ1) is 12.3. The Morgan fingerprint density at radius 1 is 0.720 bits per heavy atom. The number of nitrogens with zero attached hydrogens (tertiary/aromatic N) is 2. The Labute approximate surface area is 146 Å². The minimum Gasteiger partial charge on any atom is -0.334 e. The summed E-state index contributed by atoms with van der Waals surface area (Å²) < 4.78 is 14.2. The second kappa shape index (κ2) is 6.50. The third-order valence-corrected chi connectivity index (χ3v) is 7.01. The van der Waals surface area contributed by atoms with Crippen molar-refractivity contribution in [3.8, 4) is 11.5 Å². The second-order valence-electron chi connectivity index (χ2n) is 5.61. The Balaban J connectivity index is 1.89. The normalized spacial score (nSPS) is 11.4. The molecule has 5 heteroatoms. The van der Waals surface area contributed by atoms with Crippen LogP contribution in [0.2, 0.25) is 0 Å². The van der Waals surface area contributed by atoms with Gasteiger partial charge in [-0.15, -0.1) is 0 Å². The lowest BCUT2D eigenvalue weighted by Gasteiger charge is -2.17. The molecule has 2 aromatic carbocycles. The molecule has 4 nitrogen and oxygen atoms in total. The van der Waals surface area contributed by atoms with Crippen molar-refractivity contribution in [3.63, 3.8) is 0 Å². The van der Waals surface area contributed by atoms with E-state index in [9.17, 15) is 4.57 Å². The molecule has 0 aliphatic carbocycles. The average molecular weight is 345 g/mol. The van der Waals surface area contributed by atoms with Crippen LogP contribution >= 0.6 is 7.14 Å². The predicted octanol–water partition coefficient (Wildman–Crippen LogP) is 3.11. The zero-order chi connectivity index (χ0) is 17.1. The van der Waals surface area contributed by atoms with Crippen molar-refractivity contribution in [3.05, 3.63) is 91.3 Å². The molecular formula is C20H16N3OP. The molecule has 1 N–H and O–H groups in total. The fourth-order valence-corrected chi connectivity index (χ4v) is 5.33. The van der Waals surface area contributed by atoms with Crippen LogP contribution in [0.25, 0.3) is 11.5 Å². The molecule has 25 heavy (non-hydrogen) atoms. The van der Waals surface area contributed by atoms with E-state index in [1.165, 1.54) is 0 Å². The number of benzene rings is 2. The highest BCUT2D eigenvalue weighted by atomic mass is 31.2. The third-order valence-electron chi connectivity index (χ3n) is 4.05. The van der Waals surface area contributed by atoms with Crippen molar-refractivity contribution in [1.29, 1.82) is 0 Å². The number of rotatable bonds is 4. The molecule has 2 heterocycles. The monoisotopic (exact) mass is 345 g/mol. The summed E-state index contributed by atoms with van der Waals surface area (Å²) in [6, 6.07) is 24.7. The molecule has 0 amide bonds. The molecule has 0 spiro atoms. The fraction of sp³-hybridized carbons (Fsp3) is 0. The number of hydrogen-bond donors (Lipinski definition) is 1. The summed E-state index contributed by atoms with van der Waals surface area (Å²) in [7, 11) is -3.02. The van der Waals surface area contributed by atoms with Crippen molar-refractivity contribution in [2.75, 3.05) is 0 Å². The van der Waals surface area contributed by atoms with Gasteiger partial charge in [0.1, 0.15) is 11.1 Å². The zero-order valence-corrected chi connectivity index (χ0v) is 14.3. The van der Waals surface area contributed by atoms with Crippen LogP contribution in [0, 0.1) is 0 Å². The van der Waals surface area contributed by atoms with Crippen LogP contribution in [0.4, 0.5) is 0 Å². The van der Waals surface area contributed by atoms with Gasteiger partial charge in [-0.1, -0.05) is 66.7 Å². The van der Waals surface area contributed by atoms with Gasteiger partial charge in [0, 0.05) is 16.8 Å². The van der Waals surface area contributed by atoms with Gasteiger partial charge in [-0.3, -0.25) is 4.98 Å². The van der Waals surface area contributed by atoms with Crippen molar-refractivity contribution >= 4 is 23.2 Å². The number of aromatic nitrogens is 3. The van der Waals surface area contributed by atoms with Gasteiger partial charge in [0.05, 0.1) is 6.20 Å². The number of imidazole rings is 1. The summed E-state index contributed by atoms with van der Waals surface area (Å²) in [5, 5.41) is 1.55. The number of nitrogens with one attached hydrogen (secondary N) is 1. The lowest BCUT2D eigenvalue weighted by atomic mass is 10.3. The molecule has 0 bridgehead atoms. The van der Waals surface area contributed by atoms with Crippen LogP contribution in [0.3, 0.4) is 0 Å². The van der Waals surface area contributed by atoms with Gasteiger partial charge < -0.3 is 9.55 Å². The molecule has 4 rings (SSSR count). The van der Waals surface area contributed by atoms with E-state index >= 15 is 0 Å². The minimum atomic E-state index is -3.02. The molecule has 0 radical (unpaired) electrons. The number of pyridine rings is 1. The summed E-state index contributed by atoms with van der Waals surface area (Å²) in [5.74, 6) is 0.614. The van der Waals surface area contributed by atoms with E-state index in [0.29, 0.717) is 11.3 Å². The molecule has 0 fully saturated rings. The molecular weight excluding hydrogens is 329 g/mol. The summed E-state index contributed by atoms with van der Waals surface area (Å²) in [4.78, 5) is 11.9. The summed E-state index contributed by atoms with van der Waals surface area (Å²) >= 11 is 0. The summed E-state index contributed by atoms with van der Waals surface area (Å²) in [6.45, 7) is 0. The molecule has 4 aromatic rings. The van der Waals surface area contributed by atoms with Gasteiger partial charge in [0.15, 0.2) is 13.0 Å². The minimum absolute atomic E-state index is 0.602. The van der Waals surface area contributed by atoms with Crippen LogP contribution in [-0.2, 0) is 4.57 Å². The van der Waals surface area contributed by atoms with Crippen molar-refractivity contribution in [1.82, 2.24) is 15.0 Å². The predicted molar refractivity (Wildman–Crippen MR) is 101 cm³/mol. The highest BCUT2D eigenvalue weighted by Crippen LogP contribution is 2.41. The molecule has 0 aliphatic rings. The second-order valence-corrected chi connectivity index (χ2v) is 8.35. The van der Waals surface area contributed by atoms with E-state index in [2.05, 4.69) is 15.0 Å². The van der Waals surface area contributed by atoms with Gasteiger partial charge >= 0.3 is 0 Å². The van der Waals surface area contributed by atoms with E-state index in [1.807, 2.05) is 78.9 Å². The lowest BCUT2D eigenvalue weighted by Crippen LogP contribution is -2.25. The van der Waals surface area contributed by atoms with Crippen LogP contribution in [0.5, 0.6) is 0 Å². The van der Waals surface area contributed by atoms with Crippen LogP contribution in [0.15, 0.2) is 91.3 Å². The van der Waals surface area contributed by atoms with Crippen molar-refractivity contribution in [2.24, 2.45) is 0 Å². The molecule has 0 aliphatic heterocycles. The number of aromatic amines is 1. The zero-order valence-electron chi connectivity index (χ0n) is 13.4. The van der Waals surface area contributed by atoms with E-state index in [1.54, 1.807) is 12.4 Å². The third kappa shape index (κ3) is 2.81. The molecule has 122 valence electrons. The Morgan fingerprint density at radius 3 is 1.88 bits per heavy atom. The smallest absolute Gasteiger partial charge is 0.188 e. The van der Waals surface area contributed by atoms with E-state index in [4.69, 9.17) is 0 Å². The maximum Gasteiger partial charge on any atom is 0.188 e. The van der Waals surface area contributed by atoms with E-state index in [-0.39, 0.29) is 0 Å². The quantitative estimate of drug-likeness (QED) is 0.578. The molecule has 0 atom stereocenters. The van der Waals surface area contributed by atoms with Crippen molar-refractivity contribution in [2.45, 2.75) is 0 Å². The Hall–Kier alpha value is -2.97. The number of hydrogen-bond acceptors (Lipinski definition) is 3. The molecule has 0 unspecified atom stereocenters. The fourth-order valence-electron chi connectivity index (χ4n) is 2.81. The Bertz CT molecular complexity index is 971. The van der Waals surface area contributed by atoms with Crippen LogP contribution in [0.1, 0.15) is 0 Å². The van der Waals surface area contributed by atoms with Crippen LogP contribution in [-0.4, -0.2) is 15.0 Å². The van der Waals surface area contributed by atoms with Gasteiger partial charge in [0.25, 0.3) is 0 Å². The largest absolute Gasteiger partial charge is 0.334 e. The van der Waals surface area contributed by atoms with Gasteiger partial charge in [0.2, 0.25) is 0 Å². The molecule has 0 saturated heterocycles. The van der Waals surface area contributed by atoms with Crippen molar-refractivity contribution < 1.29 is 4.57 Å². The maximum absolute atomic E-state index is 14.2. The highest BCUT2D eigenvalue weighted by molar-refractivity contribution is 7.85. The first kappa shape index (κ1) is 15.6. The number of H-pyrrole nitrogens is 1. The molecule has 0 saturated carbocycles. The first-order valence-electron chi connectivity index (χ1n) is 7.97. The summed E-state index contributed by atoms with van der Waals surface area (Å²) in [6.07, 6.45) is 3.37. The first-order valence-corrected chi connectivity index (χ1v) is 9.67. The SMILES string of the molecule is O=P(c1ccccc1)(c1ccccc1)c1cnc(-c2ccccn2)[nH]1. The van der Waals surface area contributed by atoms with E-state index in [0.717, 1.165) is 16.3 Å². The topological polar surface area (TPSA) is 58.6 Å². The highest BCUT2D eigenvalue weighted by Gasteiger charge is 2.31. The Kier molecular flexibility index (Phi) is 4.04. The standard InChI is InChI=1S/C20H16N3OP/c24-25(16-9-3-1-4-10-16,17-11-5-2-6-12-17)19-15-22-20(23-19)18-13-7-8-14-21-18/h1-15H,(H,22,23). The van der Waals surface area contributed by atoms with Gasteiger partial charge in [-0.05, 0) is 12.1 Å². The lowest BCUT2D eigenvalue weighted by molar-refractivity contribution is 0.592. The van der Waals surface area contributed by atoms with E-state index < -0.39 is 7.14 Å². The average Bonchev–Trinajstić information content (AvgIpc) is 3.20. The maximum atomic E-state index is 14.2. The molecule has 2 aromatic heterocycles. The van der Waals surface area contributed by atoms with Gasteiger partial charge in [-0.2, -0.15) is 0 Å². The van der Waals surface area contributed by atoms with Crippen LogP contribution < -0.4 is 16.0 Å². The Morgan fingerprint density at radius 2 is 1.32 bits per heavy atom.